The summed E-state index contributed by atoms with van der Waals surface area (Å²) in [5.41, 5.74) is -2.03. The lowest BCUT2D eigenvalue weighted by molar-refractivity contribution is -0.141. The first kappa shape index (κ1) is 21.0. The van der Waals surface area contributed by atoms with Crippen LogP contribution in [0.1, 0.15) is 41.5 Å². The molecule has 0 saturated carbocycles. The molecule has 1 unspecified atom stereocenters. The summed E-state index contributed by atoms with van der Waals surface area (Å²) >= 11 is 0. The highest BCUT2D eigenvalue weighted by Gasteiger charge is 2.35. The van der Waals surface area contributed by atoms with Crippen LogP contribution in [-0.2, 0) is 27.1 Å². The average Bonchev–Trinajstić information content (AvgIpc) is 2.56. The third-order valence-electron chi connectivity index (χ3n) is 4.05. The molecule has 27 heavy (non-hydrogen) atoms. The third-order valence-corrected chi connectivity index (χ3v) is 4.05. The number of nitrogens with zero attached hydrogens (tertiary/aromatic N) is 1. The van der Waals surface area contributed by atoms with Gasteiger partial charge in [0, 0.05) is 25.5 Å². The minimum Gasteiger partial charge on any atom is -0.511 e. The molecule has 2 rings (SSSR count). The lowest BCUT2D eigenvalue weighted by Crippen LogP contribution is -2.25. The first-order valence-electron chi connectivity index (χ1n) is 8.29. The molecular weight excluding hydrogens is 367 g/mol. The molecule has 0 aliphatic heterocycles. The van der Waals surface area contributed by atoms with Crippen LogP contribution in [0.2, 0.25) is 0 Å². The molecule has 0 radical (unpaired) electrons. The number of aliphatic hydroxyl groups is 1. The minimum atomic E-state index is -4.69. The number of hydrogen-bond donors (Lipinski definition) is 1. The van der Waals surface area contributed by atoms with E-state index in [0.717, 1.165) is 6.07 Å². The van der Waals surface area contributed by atoms with Gasteiger partial charge in [-0.3, -0.25) is 9.59 Å². The number of rotatable bonds is 7. The van der Waals surface area contributed by atoms with Crippen molar-refractivity contribution in [2.45, 2.75) is 32.5 Å². The molecule has 1 aromatic heterocycles. The highest BCUT2D eigenvalue weighted by Crippen LogP contribution is 2.31. The van der Waals surface area contributed by atoms with E-state index < -0.39 is 29.0 Å². The van der Waals surface area contributed by atoms with Gasteiger partial charge in [-0.2, -0.15) is 13.2 Å². The smallest absolute Gasteiger partial charge is 0.433 e. The van der Waals surface area contributed by atoms with Gasteiger partial charge in [0.1, 0.15) is 17.0 Å². The van der Waals surface area contributed by atoms with E-state index in [1.807, 2.05) is 0 Å². The standard InChI is InChI=1S/C18H20F3NO5/c1-10-7-13(23)16(14(24)8-10)17(25)11-3-4-15(18(19,20)21)22-12(11)9-27-6-5-26-2/h3-4,10,23H,5-9H2,1-2H3. The zero-order chi connectivity index (χ0) is 20.2. The molecule has 1 atom stereocenters. The molecule has 9 heteroatoms. The number of carbonyl (C=O) groups excluding carboxylic acids is 2. The number of halogens is 3. The van der Waals surface area contributed by atoms with E-state index in [1.54, 1.807) is 6.92 Å². The van der Waals surface area contributed by atoms with Crippen molar-refractivity contribution in [2.75, 3.05) is 20.3 Å². The van der Waals surface area contributed by atoms with Crippen LogP contribution in [0.3, 0.4) is 0 Å². The maximum Gasteiger partial charge on any atom is 0.433 e. The Bertz CT molecular complexity index is 758. The molecule has 0 amide bonds. The summed E-state index contributed by atoms with van der Waals surface area (Å²) in [5, 5.41) is 10.1. The van der Waals surface area contributed by atoms with Gasteiger partial charge in [0.2, 0.25) is 5.78 Å². The van der Waals surface area contributed by atoms with E-state index in [4.69, 9.17) is 9.47 Å². The average molecular weight is 387 g/mol. The number of Topliss-reactive ketones (excluding diaryl/α,β-unsaturated/α-hetero) is 2. The van der Waals surface area contributed by atoms with E-state index in [1.165, 1.54) is 7.11 Å². The van der Waals surface area contributed by atoms with Crippen LogP contribution in [0.25, 0.3) is 0 Å². The Kier molecular flexibility index (Phi) is 6.72. The van der Waals surface area contributed by atoms with E-state index >= 15 is 0 Å². The fourth-order valence-electron chi connectivity index (χ4n) is 2.76. The van der Waals surface area contributed by atoms with Crippen LogP contribution < -0.4 is 0 Å². The Morgan fingerprint density at radius 2 is 2.00 bits per heavy atom. The fourth-order valence-corrected chi connectivity index (χ4v) is 2.76. The fraction of sp³-hybridized carbons (Fsp3) is 0.500. The Labute approximate surface area is 154 Å². The zero-order valence-corrected chi connectivity index (χ0v) is 14.9. The van der Waals surface area contributed by atoms with E-state index in [9.17, 15) is 27.9 Å². The predicted octanol–water partition coefficient (Wildman–Crippen LogP) is 3.26. The quantitative estimate of drug-likeness (QED) is 0.439. The van der Waals surface area contributed by atoms with Crippen LogP contribution in [0.4, 0.5) is 13.2 Å². The van der Waals surface area contributed by atoms with Gasteiger partial charge in [-0.05, 0) is 18.1 Å². The summed E-state index contributed by atoms with van der Waals surface area (Å²) in [7, 11) is 1.44. The topological polar surface area (TPSA) is 85.7 Å². The maximum atomic E-state index is 13.0. The lowest BCUT2D eigenvalue weighted by atomic mass is 9.84. The molecule has 6 nitrogen and oxygen atoms in total. The van der Waals surface area contributed by atoms with Gasteiger partial charge in [-0.1, -0.05) is 6.92 Å². The van der Waals surface area contributed by atoms with Crippen molar-refractivity contribution >= 4 is 11.6 Å². The number of ether oxygens (including phenoxy) is 2. The number of alkyl halides is 3. The van der Waals surface area contributed by atoms with Gasteiger partial charge in [0.15, 0.2) is 5.78 Å². The van der Waals surface area contributed by atoms with Crippen molar-refractivity contribution < 1.29 is 37.3 Å². The van der Waals surface area contributed by atoms with Crippen molar-refractivity contribution in [3.63, 3.8) is 0 Å². The van der Waals surface area contributed by atoms with Crippen LogP contribution in [0, 0.1) is 5.92 Å². The van der Waals surface area contributed by atoms with Crippen molar-refractivity contribution in [1.82, 2.24) is 4.98 Å². The summed E-state index contributed by atoms with van der Waals surface area (Å²) in [6, 6.07) is 1.62. The van der Waals surface area contributed by atoms with Crippen LogP contribution in [-0.4, -0.2) is 42.0 Å². The summed E-state index contributed by atoms with van der Waals surface area (Å²) in [5.74, 6) is -1.86. The SMILES string of the molecule is COCCOCc1nc(C(F)(F)F)ccc1C(=O)C1=C(O)CC(C)CC1=O. The highest BCUT2D eigenvalue weighted by molar-refractivity contribution is 6.27. The van der Waals surface area contributed by atoms with Gasteiger partial charge in [-0.15, -0.1) is 0 Å². The Morgan fingerprint density at radius 1 is 1.30 bits per heavy atom. The van der Waals surface area contributed by atoms with Gasteiger partial charge in [-0.25, -0.2) is 4.98 Å². The van der Waals surface area contributed by atoms with Crippen molar-refractivity contribution in [3.05, 3.63) is 40.4 Å². The molecule has 0 spiro atoms. The second kappa shape index (κ2) is 8.62. The summed E-state index contributed by atoms with van der Waals surface area (Å²) in [6.45, 7) is 1.69. The second-order valence-corrected chi connectivity index (χ2v) is 6.32. The van der Waals surface area contributed by atoms with E-state index in [2.05, 4.69) is 4.98 Å². The predicted molar refractivity (Wildman–Crippen MR) is 88.2 cm³/mol. The number of hydrogen-bond acceptors (Lipinski definition) is 6. The van der Waals surface area contributed by atoms with Crippen molar-refractivity contribution in [3.8, 4) is 0 Å². The Morgan fingerprint density at radius 3 is 2.59 bits per heavy atom. The summed E-state index contributed by atoms with van der Waals surface area (Å²) in [4.78, 5) is 28.4. The normalized spacial score (nSPS) is 18.1. The number of ketones is 2. The first-order chi connectivity index (χ1) is 12.6. The molecule has 148 valence electrons. The number of aliphatic hydroxyl groups excluding tert-OH is 1. The van der Waals surface area contributed by atoms with E-state index in [0.29, 0.717) is 6.07 Å². The highest BCUT2D eigenvalue weighted by atomic mass is 19.4. The minimum absolute atomic E-state index is 0.0822. The van der Waals surface area contributed by atoms with Crippen LogP contribution in [0.15, 0.2) is 23.5 Å². The number of carbonyl (C=O) groups is 2. The number of pyridine rings is 1. The molecular formula is C18H20F3NO5. The second-order valence-electron chi connectivity index (χ2n) is 6.32. The first-order valence-corrected chi connectivity index (χ1v) is 8.29. The molecule has 0 bridgehead atoms. The molecule has 0 fully saturated rings. The largest absolute Gasteiger partial charge is 0.511 e. The summed E-state index contributed by atoms with van der Waals surface area (Å²) < 4.78 is 48.9. The van der Waals surface area contributed by atoms with Crippen molar-refractivity contribution in [2.24, 2.45) is 5.92 Å². The monoisotopic (exact) mass is 387 g/mol. The van der Waals surface area contributed by atoms with Gasteiger partial charge in [0.25, 0.3) is 0 Å². The summed E-state index contributed by atoms with van der Waals surface area (Å²) in [6.07, 6.45) is -4.46. The van der Waals surface area contributed by atoms with Crippen LogP contribution >= 0.6 is 0 Å². The van der Waals surface area contributed by atoms with Gasteiger partial charge in [0.05, 0.1) is 25.5 Å². The molecule has 1 aliphatic rings. The molecule has 1 heterocycles. The van der Waals surface area contributed by atoms with E-state index in [-0.39, 0.29) is 55.6 Å². The molecule has 0 aromatic carbocycles. The maximum absolute atomic E-state index is 13.0. The lowest BCUT2D eigenvalue weighted by Gasteiger charge is -2.20. The zero-order valence-electron chi connectivity index (χ0n) is 14.9. The number of aromatic nitrogens is 1. The molecule has 1 aromatic rings. The van der Waals surface area contributed by atoms with Gasteiger partial charge < -0.3 is 14.6 Å². The van der Waals surface area contributed by atoms with Crippen molar-refractivity contribution in [1.29, 1.82) is 0 Å². The molecule has 1 N–H and O–H groups in total. The number of methoxy groups -OCH3 is 1. The Balaban J connectivity index is 2.40. The molecule has 0 saturated heterocycles. The van der Waals surface area contributed by atoms with Gasteiger partial charge >= 0.3 is 6.18 Å². The number of allylic oxidation sites excluding steroid dienone is 2. The van der Waals surface area contributed by atoms with Crippen LogP contribution in [0.5, 0.6) is 0 Å². The molecule has 1 aliphatic carbocycles. The Hall–Kier alpha value is -2.26. The third kappa shape index (κ3) is 5.14.